The average Bonchev–Trinajstić information content (AvgIpc) is 3.45. The average molecular weight is 385 g/mol. The molecule has 0 spiro atoms. The highest BCUT2D eigenvalue weighted by Crippen LogP contribution is 2.39. The molecule has 0 radical (unpaired) electrons. The Morgan fingerprint density at radius 2 is 2.07 bits per heavy atom. The first-order chi connectivity index (χ1) is 13.2. The van der Waals surface area contributed by atoms with E-state index in [1.807, 2.05) is 23.9 Å². The van der Waals surface area contributed by atoms with E-state index in [4.69, 9.17) is 16.6 Å². The van der Waals surface area contributed by atoms with E-state index in [0.717, 1.165) is 68.4 Å². The Balaban J connectivity index is 1.38. The molecule has 2 aliphatic rings. The van der Waals surface area contributed by atoms with Crippen LogP contribution in [0.3, 0.4) is 0 Å². The predicted octanol–water partition coefficient (Wildman–Crippen LogP) is 2.77. The van der Waals surface area contributed by atoms with Crippen LogP contribution in [-0.2, 0) is 6.54 Å². The summed E-state index contributed by atoms with van der Waals surface area (Å²) in [6.07, 6.45) is 6.34. The van der Waals surface area contributed by atoms with Crippen LogP contribution in [0.15, 0.2) is 12.3 Å². The molecule has 3 aromatic heterocycles. The number of aryl methyl sites for hydroxylation is 1. The lowest BCUT2D eigenvalue weighted by Gasteiger charge is -2.32. The standard InChI is InChI=1S/C18H21ClN8/c1-11-6-7-20-18(21-11)26-8-2-3-12(9-26)10-27-17-14(24-25-27)15(19)22-16(23-17)13-4-5-13/h6-7,12-13H,2-5,8-10H2,1H3. The minimum atomic E-state index is 0.409. The molecule has 1 saturated carbocycles. The molecule has 0 amide bonds. The molecule has 1 aliphatic heterocycles. The van der Waals surface area contributed by atoms with Crippen LogP contribution in [0.4, 0.5) is 5.95 Å². The Hall–Kier alpha value is -2.35. The third-order valence-corrected chi connectivity index (χ3v) is 5.56. The number of piperidine rings is 1. The molecule has 27 heavy (non-hydrogen) atoms. The van der Waals surface area contributed by atoms with E-state index in [1.54, 1.807) is 0 Å². The van der Waals surface area contributed by atoms with E-state index in [2.05, 4.69) is 30.2 Å². The van der Waals surface area contributed by atoms with E-state index in [9.17, 15) is 0 Å². The van der Waals surface area contributed by atoms with Crippen LogP contribution in [0.25, 0.3) is 11.2 Å². The molecular formula is C18H21ClN8. The number of hydrogen-bond acceptors (Lipinski definition) is 7. The van der Waals surface area contributed by atoms with Gasteiger partial charge in [0.2, 0.25) is 5.95 Å². The van der Waals surface area contributed by atoms with Crippen molar-refractivity contribution >= 4 is 28.7 Å². The fourth-order valence-corrected chi connectivity index (χ4v) is 3.92. The number of rotatable bonds is 4. The van der Waals surface area contributed by atoms with Gasteiger partial charge in [0.15, 0.2) is 16.3 Å². The van der Waals surface area contributed by atoms with Crippen molar-refractivity contribution in [1.29, 1.82) is 0 Å². The smallest absolute Gasteiger partial charge is 0.225 e. The Morgan fingerprint density at radius 1 is 1.19 bits per heavy atom. The molecule has 4 heterocycles. The number of halogens is 1. The second kappa shape index (κ2) is 6.67. The topological polar surface area (TPSA) is 85.5 Å². The van der Waals surface area contributed by atoms with E-state index in [0.29, 0.717) is 22.5 Å². The monoisotopic (exact) mass is 384 g/mol. The lowest BCUT2D eigenvalue weighted by atomic mass is 9.98. The number of hydrogen-bond donors (Lipinski definition) is 0. The van der Waals surface area contributed by atoms with Crippen molar-refractivity contribution in [3.8, 4) is 0 Å². The second-order valence-electron chi connectivity index (χ2n) is 7.54. The summed E-state index contributed by atoms with van der Waals surface area (Å²) in [7, 11) is 0. The van der Waals surface area contributed by atoms with Crippen LogP contribution in [-0.4, -0.2) is 48.0 Å². The van der Waals surface area contributed by atoms with Gasteiger partial charge in [-0.15, -0.1) is 5.10 Å². The molecule has 5 rings (SSSR count). The molecule has 1 unspecified atom stereocenters. The Kier molecular flexibility index (Phi) is 4.15. The number of fused-ring (bicyclic) bond motifs is 1. The summed E-state index contributed by atoms with van der Waals surface area (Å²) in [5.41, 5.74) is 2.33. The van der Waals surface area contributed by atoms with Gasteiger partial charge in [0.25, 0.3) is 0 Å². The van der Waals surface area contributed by atoms with Crippen molar-refractivity contribution in [3.63, 3.8) is 0 Å². The quantitative estimate of drug-likeness (QED) is 0.639. The minimum absolute atomic E-state index is 0.409. The first kappa shape index (κ1) is 16.8. The molecule has 1 atom stereocenters. The van der Waals surface area contributed by atoms with Gasteiger partial charge in [-0.2, -0.15) is 0 Å². The highest BCUT2D eigenvalue weighted by molar-refractivity contribution is 6.33. The fraction of sp³-hybridized carbons (Fsp3) is 0.556. The summed E-state index contributed by atoms with van der Waals surface area (Å²) in [6.45, 7) is 4.64. The van der Waals surface area contributed by atoms with Crippen molar-refractivity contribution < 1.29 is 0 Å². The molecule has 3 aromatic rings. The maximum atomic E-state index is 6.32. The highest BCUT2D eigenvalue weighted by Gasteiger charge is 2.29. The number of aromatic nitrogens is 7. The first-order valence-corrected chi connectivity index (χ1v) is 9.86. The fourth-order valence-electron chi connectivity index (χ4n) is 3.71. The molecule has 9 heteroatoms. The lowest BCUT2D eigenvalue weighted by molar-refractivity contribution is 0.349. The summed E-state index contributed by atoms with van der Waals surface area (Å²) in [6, 6.07) is 1.92. The summed E-state index contributed by atoms with van der Waals surface area (Å²) in [5, 5.41) is 8.93. The lowest BCUT2D eigenvalue weighted by Crippen LogP contribution is -2.38. The van der Waals surface area contributed by atoms with Crippen LogP contribution in [0, 0.1) is 12.8 Å². The minimum Gasteiger partial charge on any atom is -0.340 e. The number of nitrogens with zero attached hydrogens (tertiary/aromatic N) is 8. The van der Waals surface area contributed by atoms with Crippen LogP contribution in [0.5, 0.6) is 0 Å². The molecule has 1 aliphatic carbocycles. The van der Waals surface area contributed by atoms with Crippen molar-refractivity contribution in [2.75, 3.05) is 18.0 Å². The zero-order valence-corrected chi connectivity index (χ0v) is 16.0. The normalized spacial score (nSPS) is 20.4. The van der Waals surface area contributed by atoms with Crippen LogP contribution < -0.4 is 4.90 Å². The summed E-state index contributed by atoms with van der Waals surface area (Å²) in [4.78, 5) is 20.4. The zero-order valence-electron chi connectivity index (χ0n) is 15.2. The maximum Gasteiger partial charge on any atom is 0.225 e. The third-order valence-electron chi connectivity index (χ3n) is 5.30. The van der Waals surface area contributed by atoms with Gasteiger partial charge >= 0.3 is 0 Å². The molecule has 1 saturated heterocycles. The van der Waals surface area contributed by atoms with Gasteiger partial charge in [0.05, 0.1) is 0 Å². The molecular weight excluding hydrogens is 364 g/mol. The summed E-state index contributed by atoms with van der Waals surface area (Å²) >= 11 is 6.32. The maximum absolute atomic E-state index is 6.32. The third kappa shape index (κ3) is 3.34. The molecule has 0 bridgehead atoms. The van der Waals surface area contributed by atoms with Gasteiger partial charge in [-0.1, -0.05) is 16.8 Å². The van der Waals surface area contributed by atoms with Crippen molar-refractivity contribution in [2.45, 2.75) is 45.1 Å². The molecule has 0 aromatic carbocycles. The van der Waals surface area contributed by atoms with E-state index < -0.39 is 0 Å². The van der Waals surface area contributed by atoms with E-state index in [-0.39, 0.29) is 0 Å². The molecule has 0 N–H and O–H groups in total. The van der Waals surface area contributed by atoms with Crippen molar-refractivity contribution in [2.24, 2.45) is 5.92 Å². The Bertz CT molecular complexity index is 983. The SMILES string of the molecule is Cc1ccnc(N2CCCC(Cn3nnc4c(Cl)nc(C5CC5)nc43)C2)n1. The number of anilines is 1. The first-order valence-electron chi connectivity index (χ1n) is 9.48. The van der Waals surface area contributed by atoms with Gasteiger partial charge in [0.1, 0.15) is 5.82 Å². The van der Waals surface area contributed by atoms with Crippen LogP contribution in [0.2, 0.25) is 5.15 Å². The van der Waals surface area contributed by atoms with Gasteiger partial charge in [-0.3, -0.25) is 0 Å². The van der Waals surface area contributed by atoms with Gasteiger partial charge in [0, 0.05) is 37.4 Å². The molecule has 8 nitrogen and oxygen atoms in total. The predicted molar refractivity (Wildman–Crippen MR) is 102 cm³/mol. The Morgan fingerprint density at radius 3 is 2.89 bits per heavy atom. The zero-order chi connectivity index (χ0) is 18.4. The van der Waals surface area contributed by atoms with Crippen molar-refractivity contribution in [1.82, 2.24) is 34.9 Å². The largest absolute Gasteiger partial charge is 0.340 e. The van der Waals surface area contributed by atoms with Gasteiger partial charge in [-0.05, 0) is 44.6 Å². The van der Waals surface area contributed by atoms with Gasteiger partial charge < -0.3 is 4.90 Å². The summed E-state index contributed by atoms with van der Waals surface area (Å²) < 4.78 is 1.89. The van der Waals surface area contributed by atoms with Crippen LogP contribution in [0.1, 0.15) is 43.1 Å². The molecule has 2 fully saturated rings. The van der Waals surface area contributed by atoms with Crippen molar-refractivity contribution in [3.05, 3.63) is 28.9 Å². The second-order valence-corrected chi connectivity index (χ2v) is 7.90. The van der Waals surface area contributed by atoms with E-state index in [1.165, 1.54) is 0 Å². The summed E-state index contributed by atoms with van der Waals surface area (Å²) in [5.74, 6) is 2.52. The Labute approximate surface area is 162 Å². The highest BCUT2D eigenvalue weighted by atomic mass is 35.5. The van der Waals surface area contributed by atoms with E-state index >= 15 is 0 Å². The molecule has 140 valence electrons. The van der Waals surface area contributed by atoms with Gasteiger partial charge in [-0.25, -0.2) is 24.6 Å². The van der Waals surface area contributed by atoms with Crippen LogP contribution >= 0.6 is 11.6 Å².